The number of likely N-dealkylation sites (tertiary alicyclic amines) is 1. The number of H-pyrrole nitrogens is 1. The second-order valence-corrected chi connectivity index (χ2v) is 9.32. The lowest BCUT2D eigenvalue weighted by Crippen LogP contribution is -2.57. The van der Waals surface area contributed by atoms with Gasteiger partial charge >= 0.3 is 5.97 Å². The van der Waals surface area contributed by atoms with Gasteiger partial charge in [0, 0.05) is 60.2 Å². The van der Waals surface area contributed by atoms with Crippen LogP contribution in [0.5, 0.6) is 5.75 Å². The van der Waals surface area contributed by atoms with Crippen molar-refractivity contribution in [1.82, 2.24) is 9.88 Å². The third-order valence-electron chi connectivity index (χ3n) is 7.35. The van der Waals surface area contributed by atoms with Gasteiger partial charge in [0.25, 0.3) is 0 Å². The van der Waals surface area contributed by atoms with E-state index in [2.05, 4.69) is 28.9 Å². The summed E-state index contributed by atoms with van der Waals surface area (Å²) in [6, 6.07) is 11.5. The Labute approximate surface area is 199 Å². The number of carboxylic acids is 1. The Balaban J connectivity index is 1.57. The van der Waals surface area contributed by atoms with Gasteiger partial charge in [-0.25, -0.2) is 4.79 Å². The first kappa shape index (κ1) is 22.9. The number of carbonyl (C=O) groups is 1. The van der Waals surface area contributed by atoms with E-state index in [1.54, 1.807) is 19.2 Å². The number of aromatic amines is 1. The fourth-order valence-corrected chi connectivity index (χ4v) is 5.89. The third kappa shape index (κ3) is 3.98. The van der Waals surface area contributed by atoms with Crippen LogP contribution >= 0.6 is 0 Å². The van der Waals surface area contributed by atoms with E-state index in [0.717, 1.165) is 41.0 Å². The van der Waals surface area contributed by atoms with Gasteiger partial charge in [0.05, 0.1) is 32.0 Å². The molecule has 0 amide bonds. The molecule has 3 unspecified atom stereocenters. The van der Waals surface area contributed by atoms with E-state index in [9.17, 15) is 9.90 Å². The van der Waals surface area contributed by atoms with Gasteiger partial charge < -0.3 is 24.3 Å². The second-order valence-electron chi connectivity index (χ2n) is 9.32. The molecule has 2 N–H and O–H groups in total. The number of aromatic nitrogens is 1. The molecule has 0 saturated carbocycles. The van der Waals surface area contributed by atoms with Gasteiger partial charge in [-0.05, 0) is 49.2 Å². The molecular formula is C27H32N2O5. The molecule has 1 aromatic heterocycles. The average molecular weight is 465 g/mol. The second kappa shape index (κ2) is 9.41. The van der Waals surface area contributed by atoms with Gasteiger partial charge in [-0.3, -0.25) is 4.90 Å². The fraction of sp³-hybridized carbons (Fsp3) is 0.444. The molecule has 2 bridgehead atoms. The van der Waals surface area contributed by atoms with E-state index in [0.29, 0.717) is 25.4 Å². The molecule has 0 radical (unpaired) electrons. The van der Waals surface area contributed by atoms with Gasteiger partial charge in [0.1, 0.15) is 5.75 Å². The molecular weight excluding hydrogens is 432 g/mol. The number of fused-ring (bicyclic) bond motifs is 3. The molecule has 34 heavy (non-hydrogen) atoms. The molecule has 7 nitrogen and oxygen atoms in total. The van der Waals surface area contributed by atoms with Crippen LogP contribution in [0.2, 0.25) is 0 Å². The summed E-state index contributed by atoms with van der Waals surface area (Å²) in [6.07, 6.45) is 2.10. The van der Waals surface area contributed by atoms with Crippen molar-refractivity contribution in [2.75, 3.05) is 33.5 Å². The smallest absolute Gasteiger partial charge is 0.335 e. The van der Waals surface area contributed by atoms with Crippen molar-refractivity contribution in [3.05, 3.63) is 64.8 Å². The number of carboxylic acid groups (broad SMARTS) is 1. The summed E-state index contributed by atoms with van der Waals surface area (Å²) < 4.78 is 18.1. The lowest BCUT2D eigenvalue weighted by molar-refractivity contribution is -0.171. The molecule has 2 saturated heterocycles. The number of hydrogen-bond acceptors (Lipinski definition) is 5. The Kier molecular flexibility index (Phi) is 6.34. The number of methoxy groups -OCH3 is 1. The zero-order chi connectivity index (χ0) is 23.8. The molecule has 180 valence electrons. The van der Waals surface area contributed by atoms with Crippen molar-refractivity contribution in [2.45, 2.75) is 32.5 Å². The lowest BCUT2D eigenvalue weighted by atomic mass is 9.76. The van der Waals surface area contributed by atoms with Gasteiger partial charge in [-0.1, -0.05) is 12.1 Å². The number of rotatable bonds is 7. The predicted molar refractivity (Wildman–Crippen MR) is 129 cm³/mol. The first-order valence-electron chi connectivity index (χ1n) is 11.9. The highest BCUT2D eigenvalue weighted by atomic mass is 16.5. The van der Waals surface area contributed by atoms with Crippen LogP contribution in [0.4, 0.5) is 0 Å². The number of nitrogens with one attached hydrogen (secondary N) is 1. The topological polar surface area (TPSA) is 84.0 Å². The van der Waals surface area contributed by atoms with Crippen LogP contribution in [-0.2, 0) is 16.0 Å². The van der Waals surface area contributed by atoms with Crippen molar-refractivity contribution < 1.29 is 24.1 Å². The minimum absolute atomic E-state index is 0.0379. The van der Waals surface area contributed by atoms with Crippen LogP contribution in [0.3, 0.4) is 0 Å². The monoisotopic (exact) mass is 464 g/mol. The maximum absolute atomic E-state index is 11.4. The van der Waals surface area contributed by atoms with Gasteiger partial charge in [-0.15, -0.1) is 0 Å². The van der Waals surface area contributed by atoms with E-state index >= 15 is 0 Å². The molecule has 2 aromatic carbocycles. The Morgan fingerprint density at radius 3 is 2.74 bits per heavy atom. The number of hydrogen-bond donors (Lipinski definition) is 2. The van der Waals surface area contributed by atoms with Crippen LogP contribution in [-0.4, -0.2) is 60.5 Å². The Morgan fingerprint density at radius 2 is 2.03 bits per heavy atom. The summed E-state index contributed by atoms with van der Waals surface area (Å²) in [5.41, 5.74) is 4.82. The van der Waals surface area contributed by atoms with Gasteiger partial charge in [0.15, 0.2) is 0 Å². The summed E-state index contributed by atoms with van der Waals surface area (Å²) in [6.45, 7) is 7.65. The number of ether oxygens (including phenoxy) is 3. The SMILES string of the molecule is CCOC1C2COCC1[C@@H](c1ccc(C(=O)O)cc1)N(Cc1c(OC)cc(C)c3[nH]ccc13)C2. The zero-order valence-corrected chi connectivity index (χ0v) is 19.9. The van der Waals surface area contributed by atoms with Crippen LogP contribution in [0.1, 0.15) is 40.0 Å². The number of aromatic carboxylic acids is 1. The number of aryl methyl sites for hydroxylation is 1. The van der Waals surface area contributed by atoms with E-state index in [-0.39, 0.29) is 24.0 Å². The van der Waals surface area contributed by atoms with Crippen molar-refractivity contribution in [2.24, 2.45) is 11.8 Å². The minimum atomic E-state index is -0.917. The normalized spacial score (nSPS) is 24.9. The minimum Gasteiger partial charge on any atom is -0.496 e. The van der Waals surface area contributed by atoms with E-state index < -0.39 is 5.97 Å². The Bertz CT molecular complexity index is 1170. The molecule has 0 aliphatic carbocycles. The largest absolute Gasteiger partial charge is 0.496 e. The van der Waals surface area contributed by atoms with E-state index in [1.165, 1.54) is 5.39 Å². The molecule has 3 aromatic rings. The number of benzene rings is 2. The van der Waals surface area contributed by atoms with E-state index in [1.807, 2.05) is 25.3 Å². The van der Waals surface area contributed by atoms with Crippen LogP contribution < -0.4 is 4.74 Å². The van der Waals surface area contributed by atoms with Crippen molar-refractivity contribution >= 4 is 16.9 Å². The first-order valence-corrected chi connectivity index (χ1v) is 11.9. The van der Waals surface area contributed by atoms with Crippen molar-refractivity contribution in [1.29, 1.82) is 0 Å². The van der Waals surface area contributed by atoms with Crippen LogP contribution in [0, 0.1) is 18.8 Å². The van der Waals surface area contributed by atoms with Crippen molar-refractivity contribution in [3.8, 4) is 5.75 Å². The predicted octanol–water partition coefficient (Wildman–Crippen LogP) is 4.41. The third-order valence-corrected chi connectivity index (χ3v) is 7.35. The highest BCUT2D eigenvalue weighted by molar-refractivity contribution is 5.88. The highest BCUT2D eigenvalue weighted by Crippen LogP contribution is 2.44. The maximum Gasteiger partial charge on any atom is 0.335 e. The van der Waals surface area contributed by atoms with Crippen molar-refractivity contribution in [3.63, 3.8) is 0 Å². The molecule has 2 aliphatic heterocycles. The molecule has 0 spiro atoms. The fourth-order valence-electron chi connectivity index (χ4n) is 5.89. The summed E-state index contributed by atoms with van der Waals surface area (Å²) >= 11 is 0. The average Bonchev–Trinajstić information content (AvgIpc) is 3.32. The Hall–Kier alpha value is -2.87. The van der Waals surface area contributed by atoms with Crippen LogP contribution in [0.15, 0.2) is 42.6 Å². The molecule has 5 rings (SSSR count). The maximum atomic E-state index is 11.4. The first-order chi connectivity index (χ1) is 16.5. The standard InChI is InChI=1S/C27H32N2O5/c1-4-34-26-19-12-29(13-21-20-9-10-28-24(20)16(2)11-23(21)32-3)25(22(26)15-33-14-19)17-5-7-18(8-6-17)27(30)31/h5-11,19,22,25-26,28H,4,12-15H2,1-3H3,(H,30,31)/t19?,22?,25-,26?/m1/s1. The van der Waals surface area contributed by atoms with Gasteiger partial charge in [0.2, 0.25) is 0 Å². The lowest BCUT2D eigenvalue weighted by Gasteiger charge is -2.52. The Morgan fingerprint density at radius 1 is 1.24 bits per heavy atom. The summed E-state index contributed by atoms with van der Waals surface area (Å²) in [5.74, 6) is 0.408. The van der Waals surface area contributed by atoms with Gasteiger partial charge in [-0.2, -0.15) is 0 Å². The molecule has 3 heterocycles. The molecule has 7 heteroatoms. The molecule has 2 aliphatic rings. The summed E-state index contributed by atoms with van der Waals surface area (Å²) in [4.78, 5) is 17.3. The van der Waals surface area contributed by atoms with Crippen LogP contribution in [0.25, 0.3) is 10.9 Å². The number of piperidine rings is 1. The number of nitrogens with zero attached hydrogens (tertiary/aromatic N) is 1. The van der Waals surface area contributed by atoms with E-state index in [4.69, 9.17) is 14.2 Å². The molecule has 2 fully saturated rings. The molecule has 4 atom stereocenters. The zero-order valence-electron chi connectivity index (χ0n) is 19.9. The highest BCUT2D eigenvalue weighted by Gasteiger charge is 2.47. The summed E-state index contributed by atoms with van der Waals surface area (Å²) in [7, 11) is 1.72. The quantitative estimate of drug-likeness (QED) is 0.539. The summed E-state index contributed by atoms with van der Waals surface area (Å²) in [5, 5.41) is 10.6.